The van der Waals surface area contributed by atoms with E-state index in [1.165, 1.54) is 0 Å². The van der Waals surface area contributed by atoms with Gasteiger partial charge in [-0.2, -0.15) is 0 Å². The first-order valence-electron chi connectivity index (χ1n) is 8.39. The van der Waals surface area contributed by atoms with Crippen LogP contribution in [0.4, 0.5) is 0 Å². The van der Waals surface area contributed by atoms with Crippen molar-refractivity contribution in [2.45, 2.75) is 0 Å². The normalized spacial score (nSPS) is 15.5. The second kappa shape index (κ2) is 6.91. The van der Waals surface area contributed by atoms with Crippen LogP contribution >= 0.6 is 0 Å². The van der Waals surface area contributed by atoms with Crippen molar-refractivity contribution < 1.29 is 9.53 Å². The third kappa shape index (κ3) is 3.19. The third-order valence-electron chi connectivity index (χ3n) is 4.40. The maximum Gasteiger partial charge on any atom is 0.254 e. The van der Waals surface area contributed by atoms with E-state index in [1.54, 1.807) is 6.20 Å². The Morgan fingerprint density at radius 2 is 1.92 bits per heavy atom. The van der Waals surface area contributed by atoms with Crippen LogP contribution in [-0.4, -0.2) is 47.1 Å². The van der Waals surface area contributed by atoms with E-state index < -0.39 is 0 Å². The Bertz CT molecular complexity index is 909. The maximum atomic E-state index is 13.1. The summed E-state index contributed by atoms with van der Waals surface area (Å²) in [5.74, 6) is 0.0349. The number of hydrogen-bond acceptors (Lipinski definition) is 3. The Hall–Kier alpha value is -2.92. The molecule has 25 heavy (non-hydrogen) atoms. The zero-order chi connectivity index (χ0) is 17.1. The van der Waals surface area contributed by atoms with Gasteiger partial charge in [-0.1, -0.05) is 30.3 Å². The number of nitrogens with one attached hydrogen (secondary N) is 1. The molecule has 0 atom stereocenters. The van der Waals surface area contributed by atoms with Crippen LogP contribution in [0.1, 0.15) is 11.1 Å². The van der Waals surface area contributed by atoms with E-state index in [4.69, 9.17) is 4.74 Å². The Morgan fingerprint density at radius 3 is 2.72 bits per heavy atom. The molecule has 3 aromatic rings. The summed E-state index contributed by atoms with van der Waals surface area (Å²) >= 11 is 0. The zero-order valence-electron chi connectivity index (χ0n) is 13.8. The SMILES string of the molecule is O=C(C(=Cc1c[nH]c2ncccc12)c1ccccc1)N1CCOCC1. The van der Waals surface area contributed by atoms with Gasteiger partial charge in [0.05, 0.1) is 13.2 Å². The molecule has 1 saturated heterocycles. The van der Waals surface area contributed by atoms with Crippen molar-refractivity contribution >= 4 is 28.6 Å². The fourth-order valence-electron chi connectivity index (χ4n) is 3.08. The van der Waals surface area contributed by atoms with E-state index in [2.05, 4.69) is 9.97 Å². The van der Waals surface area contributed by atoms with Crippen molar-refractivity contribution in [3.63, 3.8) is 0 Å². The van der Waals surface area contributed by atoms with Gasteiger partial charge in [0.1, 0.15) is 5.65 Å². The highest BCUT2D eigenvalue weighted by atomic mass is 16.5. The van der Waals surface area contributed by atoms with Crippen molar-refractivity contribution in [3.05, 3.63) is 66.0 Å². The predicted molar refractivity (Wildman–Crippen MR) is 97.8 cm³/mol. The van der Waals surface area contributed by atoms with Gasteiger partial charge in [-0.3, -0.25) is 4.79 Å². The molecule has 0 saturated carbocycles. The number of benzene rings is 1. The van der Waals surface area contributed by atoms with Gasteiger partial charge >= 0.3 is 0 Å². The largest absolute Gasteiger partial charge is 0.378 e. The van der Waals surface area contributed by atoms with Gasteiger partial charge in [-0.05, 0) is 23.8 Å². The molecule has 0 radical (unpaired) electrons. The third-order valence-corrected chi connectivity index (χ3v) is 4.40. The number of nitrogens with zero attached hydrogens (tertiary/aromatic N) is 2. The number of hydrogen-bond donors (Lipinski definition) is 1. The van der Waals surface area contributed by atoms with E-state index >= 15 is 0 Å². The summed E-state index contributed by atoms with van der Waals surface area (Å²) in [5, 5.41) is 1.01. The summed E-state index contributed by atoms with van der Waals surface area (Å²) in [7, 11) is 0. The van der Waals surface area contributed by atoms with Crippen molar-refractivity contribution in [2.75, 3.05) is 26.3 Å². The number of H-pyrrole nitrogens is 1. The maximum absolute atomic E-state index is 13.1. The van der Waals surface area contributed by atoms with Crippen molar-refractivity contribution in [1.82, 2.24) is 14.9 Å². The van der Waals surface area contributed by atoms with E-state index in [1.807, 2.05) is 59.6 Å². The van der Waals surface area contributed by atoms with Gasteiger partial charge in [-0.25, -0.2) is 4.98 Å². The molecular formula is C20H19N3O2. The standard InChI is InChI=1S/C20H19N3O2/c24-20(23-9-11-25-12-10-23)18(15-5-2-1-3-6-15)13-16-14-22-19-17(16)7-4-8-21-19/h1-8,13-14H,9-12H2,(H,21,22). The topological polar surface area (TPSA) is 58.2 Å². The van der Waals surface area contributed by atoms with Crippen LogP contribution in [-0.2, 0) is 9.53 Å². The summed E-state index contributed by atoms with van der Waals surface area (Å²) < 4.78 is 5.37. The lowest BCUT2D eigenvalue weighted by molar-refractivity contribution is -0.128. The van der Waals surface area contributed by atoms with Crippen LogP contribution in [0, 0.1) is 0 Å². The molecule has 1 amide bonds. The molecule has 3 heterocycles. The van der Waals surface area contributed by atoms with Gasteiger partial charge in [0.2, 0.25) is 0 Å². The smallest absolute Gasteiger partial charge is 0.254 e. The minimum Gasteiger partial charge on any atom is -0.378 e. The minimum absolute atomic E-state index is 0.0349. The van der Waals surface area contributed by atoms with Gasteiger partial charge in [0.25, 0.3) is 5.91 Å². The van der Waals surface area contributed by atoms with Gasteiger partial charge in [0, 0.05) is 42.0 Å². The molecule has 1 aliphatic heterocycles. The summed E-state index contributed by atoms with van der Waals surface area (Å²) in [6.45, 7) is 2.42. The second-order valence-corrected chi connectivity index (χ2v) is 5.97. The quantitative estimate of drug-likeness (QED) is 0.750. The molecule has 5 heteroatoms. The molecule has 1 aliphatic rings. The van der Waals surface area contributed by atoms with E-state index in [-0.39, 0.29) is 5.91 Å². The number of rotatable bonds is 3. The first-order chi connectivity index (χ1) is 12.3. The fourth-order valence-corrected chi connectivity index (χ4v) is 3.08. The highest BCUT2D eigenvalue weighted by Crippen LogP contribution is 2.25. The molecule has 1 N–H and O–H groups in total. The Balaban J connectivity index is 1.78. The summed E-state index contributed by atoms with van der Waals surface area (Å²) in [5.41, 5.74) is 3.38. The number of carbonyl (C=O) groups is 1. The second-order valence-electron chi connectivity index (χ2n) is 5.97. The Labute approximate surface area is 145 Å². The van der Waals surface area contributed by atoms with Crippen LogP contribution in [0.2, 0.25) is 0 Å². The molecule has 0 bridgehead atoms. The lowest BCUT2D eigenvalue weighted by Crippen LogP contribution is -2.41. The molecule has 4 rings (SSSR count). The first-order valence-corrected chi connectivity index (χ1v) is 8.39. The van der Waals surface area contributed by atoms with E-state index in [0.29, 0.717) is 31.9 Å². The number of ether oxygens (including phenoxy) is 1. The minimum atomic E-state index is 0.0349. The van der Waals surface area contributed by atoms with Crippen molar-refractivity contribution in [3.8, 4) is 0 Å². The van der Waals surface area contributed by atoms with Gasteiger partial charge in [-0.15, -0.1) is 0 Å². The summed E-state index contributed by atoms with van der Waals surface area (Å²) in [6.07, 6.45) is 5.60. The molecule has 0 unspecified atom stereocenters. The average molecular weight is 333 g/mol. The molecule has 1 fully saturated rings. The molecule has 2 aromatic heterocycles. The molecule has 126 valence electrons. The van der Waals surface area contributed by atoms with E-state index in [9.17, 15) is 4.79 Å². The van der Waals surface area contributed by atoms with Crippen LogP contribution in [0.25, 0.3) is 22.7 Å². The number of aromatic nitrogens is 2. The monoisotopic (exact) mass is 333 g/mol. The number of amides is 1. The Morgan fingerprint density at radius 1 is 1.12 bits per heavy atom. The van der Waals surface area contributed by atoms with Crippen LogP contribution < -0.4 is 0 Å². The Kier molecular flexibility index (Phi) is 4.31. The fraction of sp³-hybridized carbons (Fsp3) is 0.200. The zero-order valence-corrected chi connectivity index (χ0v) is 13.8. The molecule has 5 nitrogen and oxygen atoms in total. The van der Waals surface area contributed by atoms with E-state index in [0.717, 1.165) is 22.2 Å². The van der Waals surface area contributed by atoms with Crippen molar-refractivity contribution in [2.24, 2.45) is 0 Å². The van der Waals surface area contributed by atoms with Crippen LogP contribution in [0.3, 0.4) is 0 Å². The summed E-state index contributed by atoms with van der Waals surface area (Å²) in [6, 6.07) is 13.7. The van der Waals surface area contributed by atoms with Gasteiger partial charge < -0.3 is 14.6 Å². The van der Waals surface area contributed by atoms with Gasteiger partial charge in [0.15, 0.2) is 0 Å². The number of carbonyl (C=O) groups excluding carboxylic acids is 1. The first kappa shape index (κ1) is 15.6. The molecule has 0 aliphatic carbocycles. The molecule has 0 spiro atoms. The number of fused-ring (bicyclic) bond motifs is 1. The number of morpholine rings is 1. The number of pyridine rings is 1. The van der Waals surface area contributed by atoms with Crippen molar-refractivity contribution in [1.29, 1.82) is 0 Å². The lowest BCUT2D eigenvalue weighted by atomic mass is 10.0. The van der Waals surface area contributed by atoms with Crippen LogP contribution in [0.15, 0.2) is 54.9 Å². The number of aromatic amines is 1. The molecule has 1 aromatic carbocycles. The summed E-state index contributed by atoms with van der Waals surface area (Å²) in [4.78, 5) is 22.5. The highest BCUT2D eigenvalue weighted by Gasteiger charge is 2.22. The average Bonchev–Trinajstić information content (AvgIpc) is 3.10. The molecular weight excluding hydrogens is 314 g/mol. The van der Waals surface area contributed by atoms with Crippen LogP contribution in [0.5, 0.6) is 0 Å². The highest BCUT2D eigenvalue weighted by molar-refractivity contribution is 6.24. The lowest BCUT2D eigenvalue weighted by Gasteiger charge is -2.28. The predicted octanol–water partition coefficient (Wildman–Crippen LogP) is 2.96.